The van der Waals surface area contributed by atoms with Crippen molar-refractivity contribution in [2.75, 3.05) is 26.6 Å². The molecule has 0 aliphatic carbocycles. The van der Waals surface area contributed by atoms with Crippen molar-refractivity contribution in [1.82, 2.24) is 5.06 Å². The molecule has 3 fully saturated rings. The minimum absolute atomic E-state index is 0. The normalized spacial score (nSPS) is 14.3. The van der Waals surface area contributed by atoms with Crippen molar-refractivity contribution in [3.63, 3.8) is 0 Å². The molecule has 3 aliphatic heterocycles. The van der Waals surface area contributed by atoms with E-state index < -0.39 is 82.0 Å². The maximum Gasteiger partial charge on any atom is 0.562 e. The lowest BCUT2D eigenvalue weighted by Crippen LogP contribution is -2.28. The molecule has 3 aliphatic rings. The number of allylic oxidation sites excluding steroid dienone is 2. The minimum atomic E-state index is -3.63. The minimum Gasteiger partial charge on any atom is -0.484 e. The molecule has 23 nitrogen and oxygen atoms in total. The van der Waals surface area contributed by atoms with Crippen LogP contribution in [0.2, 0.25) is 0 Å². The van der Waals surface area contributed by atoms with Crippen LogP contribution in [0.1, 0.15) is 192 Å². The third-order valence-electron chi connectivity index (χ3n) is 10.6. The zero-order valence-electron chi connectivity index (χ0n) is 61.1. The number of benzene rings is 1. The average molecular weight is 1430 g/mol. The predicted octanol–water partition coefficient (Wildman–Crippen LogP) is 15.4. The van der Waals surface area contributed by atoms with E-state index >= 15 is 0 Å². The monoisotopic (exact) mass is 1430 g/mol. The van der Waals surface area contributed by atoms with Gasteiger partial charge in [0.1, 0.15) is 27.8 Å². The largest absolute Gasteiger partial charge is 0.562 e. The van der Waals surface area contributed by atoms with Gasteiger partial charge in [-0.3, -0.25) is 24.6 Å². The SMILES string of the molecule is C.C=C1CC(C(C)C)C(=O)O1.C=C1CCC(=O)N1OC(=O)C(C)C.C=C=NC(C)C.C=C=NC(C)C.CC(C)C(=O)OP(C)(=O)O.CC(C)C(=O)Oc1c(F)c(F)c(F)c(F)c1F.CC(C)C(=O)[N+]#N.CC(C)C=O.CC(C)CC1CO1.CC(C)S(C)(=O)=O.COC(=N)CC(C)C. The number of carbonyl (C=O) groups excluding carboxylic acids is 7. The first-order valence-electron chi connectivity index (χ1n) is 30.7. The van der Waals surface area contributed by atoms with Crippen LogP contribution in [0.3, 0.4) is 0 Å². The Hall–Kier alpha value is -7.07. The van der Waals surface area contributed by atoms with Crippen molar-refractivity contribution in [1.29, 1.82) is 10.8 Å². The molecular weight excluding hydrogens is 1320 g/mol. The highest BCUT2D eigenvalue weighted by Gasteiger charge is 2.33. The number of cyclic esters (lactones) is 1. The van der Waals surface area contributed by atoms with E-state index in [1.807, 2.05) is 55.4 Å². The highest BCUT2D eigenvalue weighted by atomic mass is 32.2. The first kappa shape index (κ1) is 106. The number of diazo groups is 1. The summed E-state index contributed by atoms with van der Waals surface area (Å²) in [6, 6.07) is 0.699. The van der Waals surface area contributed by atoms with Gasteiger partial charge in [0.2, 0.25) is 45.2 Å². The number of epoxide rings is 1. The van der Waals surface area contributed by atoms with Crippen LogP contribution in [-0.2, 0) is 71.5 Å². The molecule has 0 saturated carbocycles. The number of hydroxylamine groups is 2. The zero-order valence-corrected chi connectivity index (χ0v) is 62.8. The Kier molecular flexibility index (Phi) is 62.1. The molecule has 2 amide bonds. The molecule has 97 heavy (non-hydrogen) atoms. The van der Waals surface area contributed by atoms with Crippen molar-refractivity contribution in [2.24, 2.45) is 63.2 Å². The molecule has 3 saturated heterocycles. The third kappa shape index (κ3) is 62.2. The lowest BCUT2D eigenvalue weighted by Gasteiger charge is -2.16. The molecule has 0 spiro atoms. The van der Waals surface area contributed by atoms with Crippen LogP contribution >= 0.6 is 7.60 Å². The molecule has 3 atom stereocenters. The van der Waals surface area contributed by atoms with Crippen molar-refractivity contribution >= 4 is 77.0 Å². The highest BCUT2D eigenvalue weighted by molar-refractivity contribution is 7.91. The van der Waals surface area contributed by atoms with Gasteiger partial charge in [-0.25, -0.2) is 40.9 Å². The van der Waals surface area contributed by atoms with Gasteiger partial charge in [-0.15, -0.1) is 5.06 Å². The quantitative estimate of drug-likeness (QED) is 0.0133. The summed E-state index contributed by atoms with van der Waals surface area (Å²) in [5, 5.41) is 15.6. The van der Waals surface area contributed by atoms with E-state index in [1.165, 1.54) is 33.6 Å². The fraction of sp³-hybridized carbons (Fsp3) is 0.672. The van der Waals surface area contributed by atoms with Crippen LogP contribution in [0, 0.1) is 93.1 Å². The summed E-state index contributed by atoms with van der Waals surface area (Å²) in [7, 11) is -4.83. The number of aldehydes is 1. The summed E-state index contributed by atoms with van der Waals surface area (Å²) in [5.74, 6) is -9.20. The Morgan fingerprint density at radius 3 is 1.31 bits per heavy atom. The molecule has 1 aromatic rings. The maximum atomic E-state index is 13.0. The summed E-state index contributed by atoms with van der Waals surface area (Å²) < 4.78 is 118. The van der Waals surface area contributed by atoms with Gasteiger partial charge >= 0.3 is 37.4 Å². The second kappa shape index (κ2) is 56.9. The number of carbonyl (C=O) groups is 7. The fourth-order valence-corrected chi connectivity index (χ4v) is 5.41. The van der Waals surface area contributed by atoms with E-state index in [0.29, 0.717) is 66.6 Å². The molecule has 3 heterocycles. The van der Waals surface area contributed by atoms with Crippen LogP contribution in [0.15, 0.2) is 47.8 Å². The number of rotatable bonds is 16. The van der Waals surface area contributed by atoms with Gasteiger partial charge in [-0.2, -0.15) is 13.6 Å². The molecule has 1 aromatic carbocycles. The predicted molar refractivity (Wildman–Crippen MR) is 370 cm³/mol. The van der Waals surface area contributed by atoms with Gasteiger partial charge in [-0.05, 0) is 111 Å². The molecule has 0 bridgehead atoms. The number of hydrogen-bond donors (Lipinski definition) is 2. The molecule has 2 N–H and O–H groups in total. The van der Waals surface area contributed by atoms with E-state index in [4.69, 9.17) is 30.0 Å². The number of amides is 2. The Morgan fingerprint density at radius 2 is 1.14 bits per heavy atom. The van der Waals surface area contributed by atoms with Gasteiger partial charge in [0.05, 0.1) is 66.5 Å². The average Bonchev–Trinajstić information content (AvgIpc) is 1.64. The first-order chi connectivity index (χ1) is 43.6. The van der Waals surface area contributed by atoms with Crippen LogP contribution in [-0.4, -0.2) is 128 Å². The first-order valence-corrected chi connectivity index (χ1v) is 34.7. The van der Waals surface area contributed by atoms with Crippen LogP contribution in [0.4, 0.5) is 22.0 Å². The zero-order chi connectivity index (χ0) is 77.5. The van der Waals surface area contributed by atoms with Crippen molar-refractivity contribution < 1.29 is 102 Å². The standard InChI is InChI=1S/C10H7F5O2.C9H13NO3.C8H12O2.C6H13NO.C6H12O.2C5H9N.C5H11O4P.C4H7N2O.C4H10O2S.C4H8O.CH4/c1-3(2)10(16)17-9-7(14)5(12)4(11)6(13)8(9)15;1-6(2)9(12)13-10-7(3)4-5-8(10)11;1-5(2)7-4-6(3)10-8(7)9;1-5(2)4-6(7)8-3;1-5(2)3-6-4-7-6;2*1-4-6-5(2)3;1-4(2)5(6)9-10(3,7)8;1-3(2)4(7)6-5;1-4(2)7(3,5)6;1-4(2)3-5;/h3H,1-2H3;6H,3-5H2,1-2H3;5,7H,3-4H2,1-2H3;5,7H,4H2,1-3H3;5-6H,3-4H2,1-2H3;2*5H,1H2,2-3H3;4H,1-3H3,(H,7,8);3H,1-2H3;4H,1-3H3;3-4H,1-2H3;1H4/q;;;;;;;;+1;;;. The van der Waals surface area contributed by atoms with Gasteiger partial charge in [0, 0.05) is 38.1 Å². The number of nitrogens with zero attached hydrogens (tertiary/aromatic N) is 5. The Bertz CT molecular complexity index is 2820. The molecular formula is C67H115F5N6O17PS+. The van der Waals surface area contributed by atoms with E-state index in [-0.39, 0.29) is 54.1 Å². The number of hydrogen-bond acceptors (Lipinski definition) is 20. The van der Waals surface area contributed by atoms with E-state index in [0.717, 1.165) is 37.0 Å². The van der Waals surface area contributed by atoms with Gasteiger partial charge in [0.25, 0.3) is 5.91 Å². The Morgan fingerprint density at radius 1 is 0.753 bits per heavy atom. The third-order valence-corrected chi connectivity index (χ3v) is 12.8. The van der Waals surface area contributed by atoms with E-state index in [9.17, 15) is 68.5 Å². The highest BCUT2D eigenvalue weighted by Crippen LogP contribution is 2.37. The lowest BCUT2D eigenvalue weighted by atomic mass is 9.94. The van der Waals surface area contributed by atoms with Crippen LogP contribution < -0.4 is 4.74 Å². The summed E-state index contributed by atoms with van der Waals surface area (Å²) in [5.41, 5.74) is 0.555. The number of methoxy groups -OCH3 is 1. The second-order valence-electron chi connectivity index (χ2n) is 24.6. The van der Waals surface area contributed by atoms with Crippen LogP contribution in [0.5, 0.6) is 5.75 Å². The number of sulfone groups is 1. The molecule has 4 rings (SSSR count). The molecule has 0 radical (unpaired) electrons. The molecule has 30 heteroatoms. The maximum absolute atomic E-state index is 13.0. The van der Waals surface area contributed by atoms with E-state index in [2.05, 4.69) is 94.7 Å². The number of nitrogens with one attached hydrogen (secondary N) is 1. The van der Waals surface area contributed by atoms with Gasteiger partial charge in [0.15, 0.2) is 5.90 Å². The van der Waals surface area contributed by atoms with Crippen LogP contribution in [0.25, 0.3) is 4.98 Å². The Labute approximate surface area is 575 Å². The van der Waals surface area contributed by atoms with Crippen molar-refractivity contribution in [2.45, 2.75) is 215 Å². The molecule has 3 unspecified atom stereocenters. The van der Waals surface area contributed by atoms with Gasteiger partial charge < -0.3 is 38.0 Å². The second-order valence-corrected chi connectivity index (χ2v) is 29.0. The number of aliphatic imine (C=N–C) groups is 2. The number of ether oxygens (including phenoxy) is 4. The lowest BCUT2D eigenvalue weighted by molar-refractivity contribution is -0.189. The van der Waals surface area contributed by atoms with Gasteiger partial charge in [-0.1, -0.05) is 118 Å². The summed E-state index contributed by atoms with van der Waals surface area (Å²) in [6.45, 7) is 56.0. The summed E-state index contributed by atoms with van der Waals surface area (Å²) in [4.78, 5) is 97.8. The molecule has 560 valence electrons. The number of halogens is 5. The molecule has 0 aromatic heterocycles. The topological polar surface area (TPSA) is 330 Å². The Balaban J connectivity index is -0.000000153. The smallest absolute Gasteiger partial charge is 0.484 e. The number of esters is 2. The summed E-state index contributed by atoms with van der Waals surface area (Å²) >= 11 is 0. The van der Waals surface area contributed by atoms with E-state index in [1.54, 1.807) is 55.4 Å². The van der Waals surface area contributed by atoms with Crippen molar-refractivity contribution in [3.05, 3.63) is 71.8 Å². The fourth-order valence-electron chi connectivity index (χ4n) is 4.87. The van der Waals surface area contributed by atoms with Crippen molar-refractivity contribution in [3.8, 4) is 5.75 Å². The summed E-state index contributed by atoms with van der Waals surface area (Å²) in [6.07, 6.45) is 6.43.